The SMILES string of the molecule is Cc1ccc(S(=O)(=O)N2Cc3cccnc3C2)c(C)c1. The Hall–Kier alpha value is -1.72. The van der Waals surface area contributed by atoms with Gasteiger partial charge in [-0.1, -0.05) is 23.8 Å². The number of fused-ring (bicyclic) bond motifs is 1. The van der Waals surface area contributed by atoms with Crippen molar-refractivity contribution in [1.29, 1.82) is 0 Å². The molecule has 2 aromatic rings. The summed E-state index contributed by atoms with van der Waals surface area (Å²) in [4.78, 5) is 4.63. The van der Waals surface area contributed by atoms with Gasteiger partial charge in [0.2, 0.25) is 10.0 Å². The summed E-state index contributed by atoms with van der Waals surface area (Å²) in [5, 5.41) is 0. The van der Waals surface area contributed by atoms with Crippen LogP contribution in [0.25, 0.3) is 0 Å². The van der Waals surface area contributed by atoms with Crippen LogP contribution in [-0.4, -0.2) is 17.7 Å². The highest BCUT2D eigenvalue weighted by Crippen LogP contribution is 2.28. The molecule has 5 heteroatoms. The van der Waals surface area contributed by atoms with E-state index in [-0.39, 0.29) is 0 Å². The number of sulfonamides is 1. The summed E-state index contributed by atoms with van der Waals surface area (Å²) < 4.78 is 27.0. The molecule has 0 fully saturated rings. The molecule has 2 heterocycles. The van der Waals surface area contributed by atoms with Crippen LogP contribution in [0.5, 0.6) is 0 Å². The lowest BCUT2D eigenvalue weighted by Crippen LogP contribution is -2.26. The summed E-state index contributed by atoms with van der Waals surface area (Å²) >= 11 is 0. The molecule has 20 heavy (non-hydrogen) atoms. The normalized spacial score (nSPS) is 15.3. The fourth-order valence-electron chi connectivity index (χ4n) is 2.57. The Morgan fingerprint density at radius 1 is 1.15 bits per heavy atom. The van der Waals surface area contributed by atoms with Crippen LogP contribution in [0.1, 0.15) is 22.4 Å². The number of benzene rings is 1. The molecule has 0 unspecified atom stereocenters. The molecule has 0 saturated heterocycles. The summed E-state index contributed by atoms with van der Waals surface area (Å²) in [5.74, 6) is 0. The van der Waals surface area contributed by atoms with Gasteiger partial charge < -0.3 is 0 Å². The van der Waals surface area contributed by atoms with E-state index in [0.29, 0.717) is 18.0 Å². The third-order valence-corrected chi connectivity index (χ3v) is 5.56. The van der Waals surface area contributed by atoms with Gasteiger partial charge in [-0.05, 0) is 37.1 Å². The Kier molecular flexibility index (Phi) is 3.11. The Bertz CT molecular complexity index is 744. The minimum Gasteiger partial charge on any atom is -0.260 e. The molecule has 0 N–H and O–H groups in total. The first-order valence-electron chi connectivity index (χ1n) is 6.48. The van der Waals surface area contributed by atoms with Crippen LogP contribution in [0.15, 0.2) is 41.4 Å². The Balaban J connectivity index is 1.99. The molecule has 0 spiro atoms. The second-order valence-electron chi connectivity index (χ2n) is 5.15. The van der Waals surface area contributed by atoms with Gasteiger partial charge in [0, 0.05) is 12.7 Å². The average molecular weight is 288 g/mol. The van der Waals surface area contributed by atoms with Crippen LogP contribution in [0.3, 0.4) is 0 Å². The van der Waals surface area contributed by atoms with Crippen LogP contribution in [0.4, 0.5) is 0 Å². The number of hydrogen-bond donors (Lipinski definition) is 0. The van der Waals surface area contributed by atoms with Crippen LogP contribution >= 0.6 is 0 Å². The summed E-state index contributed by atoms with van der Waals surface area (Å²) in [5.41, 5.74) is 3.68. The van der Waals surface area contributed by atoms with Gasteiger partial charge in [0.1, 0.15) is 0 Å². The van der Waals surface area contributed by atoms with Crippen LogP contribution in [-0.2, 0) is 23.1 Å². The zero-order valence-electron chi connectivity index (χ0n) is 11.5. The van der Waals surface area contributed by atoms with Crippen LogP contribution < -0.4 is 0 Å². The smallest absolute Gasteiger partial charge is 0.243 e. The van der Waals surface area contributed by atoms with Crippen LogP contribution in [0.2, 0.25) is 0 Å². The van der Waals surface area contributed by atoms with Gasteiger partial charge in [-0.15, -0.1) is 0 Å². The molecule has 0 radical (unpaired) electrons. The van der Waals surface area contributed by atoms with E-state index >= 15 is 0 Å². The van der Waals surface area contributed by atoms with Gasteiger partial charge in [0.15, 0.2) is 0 Å². The lowest BCUT2D eigenvalue weighted by molar-refractivity contribution is 0.429. The zero-order chi connectivity index (χ0) is 14.3. The maximum atomic E-state index is 12.7. The van der Waals surface area contributed by atoms with Gasteiger partial charge in [0.05, 0.1) is 17.1 Å². The molecule has 1 aromatic carbocycles. The van der Waals surface area contributed by atoms with Gasteiger partial charge >= 0.3 is 0 Å². The molecular weight excluding hydrogens is 272 g/mol. The maximum Gasteiger partial charge on any atom is 0.243 e. The topological polar surface area (TPSA) is 50.3 Å². The fraction of sp³-hybridized carbons (Fsp3) is 0.267. The van der Waals surface area contributed by atoms with E-state index in [4.69, 9.17) is 0 Å². The highest BCUT2D eigenvalue weighted by molar-refractivity contribution is 7.89. The number of rotatable bonds is 2. The van der Waals surface area contributed by atoms with Crippen molar-refractivity contribution in [2.24, 2.45) is 0 Å². The largest absolute Gasteiger partial charge is 0.260 e. The molecule has 1 aliphatic rings. The van der Waals surface area contributed by atoms with Crippen molar-refractivity contribution >= 4 is 10.0 Å². The molecule has 0 aliphatic carbocycles. The molecule has 0 bridgehead atoms. The van der Waals surface area contributed by atoms with Crippen molar-refractivity contribution in [3.8, 4) is 0 Å². The van der Waals surface area contributed by atoms with Crippen LogP contribution in [0, 0.1) is 13.8 Å². The van der Waals surface area contributed by atoms with E-state index in [0.717, 1.165) is 22.4 Å². The van der Waals surface area contributed by atoms with Gasteiger partial charge in [-0.2, -0.15) is 4.31 Å². The van der Waals surface area contributed by atoms with Crippen molar-refractivity contribution in [3.63, 3.8) is 0 Å². The quantitative estimate of drug-likeness (QED) is 0.852. The standard InChI is InChI=1S/C15H16N2O2S/c1-11-5-6-15(12(2)8-11)20(18,19)17-9-13-4-3-7-16-14(13)10-17/h3-8H,9-10H2,1-2H3. The number of pyridine rings is 1. The highest BCUT2D eigenvalue weighted by Gasteiger charge is 2.31. The maximum absolute atomic E-state index is 12.7. The van der Waals surface area contributed by atoms with Gasteiger partial charge in [-0.25, -0.2) is 8.42 Å². The van der Waals surface area contributed by atoms with Crippen molar-refractivity contribution in [2.75, 3.05) is 0 Å². The van der Waals surface area contributed by atoms with E-state index < -0.39 is 10.0 Å². The average Bonchev–Trinajstić information content (AvgIpc) is 2.82. The first kappa shape index (κ1) is 13.3. The Labute approximate surface area is 119 Å². The summed E-state index contributed by atoms with van der Waals surface area (Å²) in [6, 6.07) is 9.19. The predicted molar refractivity (Wildman–Crippen MR) is 76.6 cm³/mol. The van der Waals surface area contributed by atoms with Crippen molar-refractivity contribution < 1.29 is 8.42 Å². The highest BCUT2D eigenvalue weighted by atomic mass is 32.2. The predicted octanol–water partition coefficient (Wildman–Crippen LogP) is 2.40. The molecule has 0 amide bonds. The van der Waals surface area contributed by atoms with Gasteiger partial charge in [0.25, 0.3) is 0 Å². The summed E-state index contributed by atoms with van der Waals surface area (Å²) in [6.45, 7) is 4.55. The summed E-state index contributed by atoms with van der Waals surface area (Å²) in [7, 11) is -3.46. The third kappa shape index (κ3) is 2.13. The molecule has 1 aromatic heterocycles. The van der Waals surface area contributed by atoms with E-state index in [9.17, 15) is 8.42 Å². The number of aryl methyl sites for hydroxylation is 2. The Morgan fingerprint density at radius 3 is 2.65 bits per heavy atom. The monoisotopic (exact) mass is 288 g/mol. The molecular formula is C15H16N2O2S. The van der Waals surface area contributed by atoms with E-state index in [2.05, 4.69) is 4.98 Å². The number of aromatic nitrogens is 1. The van der Waals surface area contributed by atoms with Crippen molar-refractivity contribution in [3.05, 3.63) is 58.9 Å². The molecule has 1 aliphatic heterocycles. The number of nitrogens with zero attached hydrogens (tertiary/aromatic N) is 2. The van der Waals surface area contributed by atoms with E-state index in [1.165, 1.54) is 4.31 Å². The molecule has 3 rings (SSSR count). The van der Waals surface area contributed by atoms with Crippen molar-refractivity contribution in [1.82, 2.24) is 9.29 Å². The molecule has 0 saturated carbocycles. The van der Waals surface area contributed by atoms with Crippen molar-refractivity contribution in [2.45, 2.75) is 31.8 Å². The second-order valence-corrected chi connectivity index (χ2v) is 7.06. The minimum absolute atomic E-state index is 0.353. The molecule has 4 nitrogen and oxygen atoms in total. The second kappa shape index (κ2) is 4.68. The minimum atomic E-state index is -3.46. The Morgan fingerprint density at radius 2 is 1.95 bits per heavy atom. The van der Waals surface area contributed by atoms with E-state index in [1.807, 2.05) is 38.1 Å². The zero-order valence-corrected chi connectivity index (χ0v) is 12.3. The van der Waals surface area contributed by atoms with E-state index in [1.54, 1.807) is 12.3 Å². The first-order valence-corrected chi connectivity index (χ1v) is 7.92. The van der Waals surface area contributed by atoms with Gasteiger partial charge in [-0.3, -0.25) is 4.98 Å². The summed E-state index contributed by atoms with van der Waals surface area (Å²) in [6.07, 6.45) is 1.70. The molecule has 104 valence electrons. The lowest BCUT2D eigenvalue weighted by Gasteiger charge is -2.17. The fourth-order valence-corrected chi connectivity index (χ4v) is 4.15. The molecule has 0 atom stereocenters. The third-order valence-electron chi connectivity index (χ3n) is 3.61. The number of hydrogen-bond acceptors (Lipinski definition) is 3. The first-order chi connectivity index (χ1) is 9.48. The lowest BCUT2D eigenvalue weighted by atomic mass is 10.2.